The summed E-state index contributed by atoms with van der Waals surface area (Å²) in [6.45, 7) is 0.328. The molecule has 2 N–H and O–H groups in total. The summed E-state index contributed by atoms with van der Waals surface area (Å²) in [5.74, 6) is -0.161. The summed E-state index contributed by atoms with van der Waals surface area (Å²) < 4.78 is 10.4. The molecular formula is C17H19N3O4. The van der Waals surface area contributed by atoms with Gasteiger partial charge < -0.3 is 20.1 Å². The maximum absolute atomic E-state index is 11.8. The van der Waals surface area contributed by atoms with E-state index in [2.05, 4.69) is 15.6 Å². The molecule has 0 radical (unpaired) electrons. The first-order valence-corrected chi connectivity index (χ1v) is 7.34. The average molecular weight is 329 g/mol. The Hall–Kier alpha value is -3.09. The minimum Gasteiger partial charge on any atom is -0.493 e. The number of hydrogen-bond donors (Lipinski definition) is 2. The molecule has 0 bridgehead atoms. The van der Waals surface area contributed by atoms with Gasteiger partial charge in [-0.1, -0.05) is 6.07 Å². The minimum absolute atomic E-state index is 0.328. The molecule has 0 spiro atoms. The Kier molecular flexibility index (Phi) is 6.13. The standard InChI is InChI=1S/C17H19N3O4/c1-23-14-6-5-12(10-15(14)24-2)7-9-19-16(21)17(22)20-13-4-3-8-18-11-13/h3-6,8,10-11H,7,9H2,1-2H3,(H,19,21)(H,20,22). The van der Waals surface area contributed by atoms with Crippen LogP contribution in [-0.4, -0.2) is 37.6 Å². The molecule has 0 saturated carbocycles. The molecule has 0 unspecified atom stereocenters. The second-order valence-corrected chi connectivity index (χ2v) is 4.89. The van der Waals surface area contributed by atoms with Gasteiger partial charge in [0.1, 0.15) is 0 Å². The monoisotopic (exact) mass is 329 g/mol. The Labute approximate surface area is 140 Å². The Morgan fingerprint density at radius 1 is 1.08 bits per heavy atom. The molecule has 0 fully saturated rings. The number of amides is 2. The molecule has 1 heterocycles. The van der Waals surface area contributed by atoms with E-state index in [1.165, 1.54) is 6.20 Å². The van der Waals surface area contributed by atoms with Gasteiger partial charge in [-0.25, -0.2) is 0 Å². The zero-order valence-corrected chi connectivity index (χ0v) is 13.5. The largest absolute Gasteiger partial charge is 0.493 e. The highest BCUT2D eigenvalue weighted by Crippen LogP contribution is 2.27. The van der Waals surface area contributed by atoms with Crippen molar-refractivity contribution in [3.63, 3.8) is 0 Å². The fourth-order valence-electron chi connectivity index (χ4n) is 2.06. The number of benzene rings is 1. The molecule has 2 rings (SSSR count). The Balaban J connectivity index is 1.83. The predicted octanol–water partition coefficient (Wildman–Crippen LogP) is 1.40. The van der Waals surface area contributed by atoms with Crippen molar-refractivity contribution in [2.24, 2.45) is 0 Å². The van der Waals surface area contributed by atoms with Gasteiger partial charge >= 0.3 is 11.8 Å². The van der Waals surface area contributed by atoms with Gasteiger partial charge in [0.25, 0.3) is 0 Å². The van der Waals surface area contributed by atoms with Crippen LogP contribution in [0.2, 0.25) is 0 Å². The molecule has 0 saturated heterocycles. The van der Waals surface area contributed by atoms with E-state index >= 15 is 0 Å². The van der Waals surface area contributed by atoms with Crippen LogP contribution in [0.3, 0.4) is 0 Å². The van der Waals surface area contributed by atoms with E-state index in [0.29, 0.717) is 30.2 Å². The number of nitrogens with zero attached hydrogens (tertiary/aromatic N) is 1. The van der Waals surface area contributed by atoms with Crippen LogP contribution in [-0.2, 0) is 16.0 Å². The van der Waals surface area contributed by atoms with Gasteiger partial charge in [-0.3, -0.25) is 14.6 Å². The summed E-state index contributed by atoms with van der Waals surface area (Å²) in [5.41, 5.74) is 1.43. The third kappa shape index (κ3) is 4.70. The third-order valence-corrected chi connectivity index (χ3v) is 3.27. The van der Waals surface area contributed by atoms with Crippen LogP contribution in [0.5, 0.6) is 11.5 Å². The zero-order chi connectivity index (χ0) is 17.4. The molecule has 2 aromatic rings. The lowest BCUT2D eigenvalue weighted by atomic mass is 10.1. The van der Waals surface area contributed by atoms with Gasteiger partial charge in [-0.2, -0.15) is 0 Å². The van der Waals surface area contributed by atoms with E-state index < -0.39 is 11.8 Å². The summed E-state index contributed by atoms with van der Waals surface area (Å²) >= 11 is 0. The van der Waals surface area contributed by atoms with Gasteiger partial charge in [0.15, 0.2) is 11.5 Å². The lowest BCUT2D eigenvalue weighted by Crippen LogP contribution is -2.36. The second-order valence-electron chi connectivity index (χ2n) is 4.89. The number of aromatic nitrogens is 1. The molecule has 24 heavy (non-hydrogen) atoms. The van der Waals surface area contributed by atoms with E-state index in [1.807, 2.05) is 12.1 Å². The normalized spacial score (nSPS) is 9.92. The molecule has 1 aromatic carbocycles. The average Bonchev–Trinajstić information content (AvgIpc) is 2.62. The topological polar surface area (TPSA) is 89.5 Å². The maximum atomic E-state index is 11.8. The number of nitrogens with one attached hydrogen (secondary N) is 2. The van der Waals surface area contributed by atoms with Gasteiger partial charge in [0.2, 0.25) is 0 Å². The Morgan fingerprint density at radius 2 is 1.88 bits per heavy atom. The SMILES string of the molecule is COc1ccc(CCNC(=O)C(=O)Nc2cccnc2)cc1OC. The summed E-state index contributed by atoms with van der Waals surface area (Å²) in [5, 5.41) is 5.05. The number of rotatable bonds is 6. The zero-order valence-electron chi connectivity index (χ0n) is 13.5. The molecule has 0 aliphatic carbocycles. The Bertz CT molecular complexity index is 704. The Morgan fingerprint density at radius 3 is 2.54 bits per heavy atom. The number of hydrogen-bond acceptors (Lipinski definition) is 5. The minimum atomic E-state index is -0.727. The summed E-state index contributed by atoms with van der Waals surface area (Å²) in [6, 6.07) is 8.83. The predicted molar refractivity (Wildman–Crippen MR) is 89.1 cm³/mol. The number of carbonyl (C=O) groups excluding carboxylic acids is 2. The van der Waals surface area contributed by atoms with Crippen molar-refractivity contribution in [3.05, 3.63) is 48.3 Å². The summed E-state index contributed by atoms with van der Waals surface area (Å²) in [4.78, 5) is 27.4. The summed E-state index contributed by atoms with van der Waals surface area (Å²) in [7, 11) is 3.13. The molecule has 7 heteroatoms. The number of pyridine rings is 1. The second kappa shape index (κ2) is 8.52. The lowest BCUT2D eigenvalue weighted by Gasteiger charge is -2.10. The van der Waals surface area contributed by atoms with Crippen LogP contribution < -0.4 is 20.1 Å². The van der Waals surface area contributed by atoms with E-state index in [4.69, 9.17) is 9.47 Å². The quantitative estimate of drug-likeness (QED) is 0.782. The van der Waals surface area contributed by atoms with Crippen LogP contribution in [0.15, 0.2) is 42.7 Å². The number of methoxy groups -OCH3 is 2. The highest BCUT2D eigenvalue weighted by molar-refractivity contribution is 6.39. The van der Waals surface area contributed by atoms with E-state index in [-0.39, 0.29) is 0 Å². The molecule has 0 atom stereocenters. The van der Waals surface area contributed by atoms with Crippen molar-refractivity contribution in [3.8, 4) is 11.5 Å². The van der Waals surface area contributed by atoms with Crippen LogP contribution in [0.4, 0.5) is 5.69 Å². The molecular weight excluding hydrogens is 310 g/mol. The van der Waals surface area contributed by atoms with Crippen molar-refractivity contribution < 1.29 is 19.1 Å². The molecule has 0 aliphatic heterocycles. The van der Waals surface area contributed by atoms with Gasteiger partial charge in [0, 0.05) is 12.7 Å². The highest BCUT2D eigenvalue weighted by Gasteiger charge is 2.13. The molecule has 126 valence electrons. The van der Waals surface area contributed by atoms with E-state index in [9.17, 15) is 9.59 Å². The fourth-order valence-corrected chi connectivity index (χ4v) is 2.06. The van der Waals surface area contributed by atoms with Gasteiger partial charge in [0.05, 0.1) is 26.1 Å². The van der Waals surface area contributed by atoms with Crippen LogP contribution in [0.25, 0.3) is 0 Å². The van der Waals surface area contributed by atoms with E-state index in [1.54, 1.807) is 38.6 Å². The third-order valence-electron chi connectivity index (χ3n) is 3.27. The first kappa shape index (κ1) is 17.3. The van der Waals surface area contributed by atoms with Crippen molar-refractivity contribution >= 4 is 17.5 Å². The molecule has 1 aromatic heterocycles. The van der Waals surface area contributed by atoms with Gasteiger partial charge in [-0.05, 0) is 36.2 Å². The number of ether oxygens (including phenoxy) is 2. The van der Waals surface area contributed by atoms with Crippen molar-refractivity contribution in [2.45, 2.75) is 6.42 Å². The maximum Gasteiger partial charge on any atom is 0.313 e. The number of carbonyl (C=O) groups is 2. The smallest absolute Gasteiger partial charge is 0.313 e. The molecule has 0 aliphatic rings. The molecule has 2 amide bonds. The first-order valence-electron chi connectivity index (χ1n) is 7.34. The summed E-state index contributed by atoms with van der Waals surface area (Å²) in [6.07, 6.45) is 3.61. The van der Waals surface area contributed by atoms with Gasteiger partial charge in [-0.15, -0.1) is 0 Å². The van der Waals surface area contributed by atoms with Crippen LogP contribution in [0.1, 0.15) is 5.56 Å². The van der Waals surface area contributed by atoms with E-state index in [0.717, 1.165) is 5.56 Å². The highest BCUT2D eigenvalue weighted by atomic mass is 16.5. The number of anilines is 1. The van der Waals surface area contributed by atoms with Crippen LogP contribution in [0, 0.1) is 0 Å². The molecule has 7 nitrogen and oxygen atoms in total. The van der Waals surface area contributed by atoms with Crippen molar-refractivity contribution in [1.29, 1.82) is 0 Å². The lowest BCUT2D eigenvalue weighted by molar-refractivity contribution is -0.136. The van der Waals surface area contributed by atoms with Crippen LogP contribution >= 0.6 is 0 Å². The van der Waals surface area contributed by atoms with Crippen molar-refractivity contribution in [2.75, 3.05) is 26.1 Å². The first-order chi connectivity index (χ1) is 11.6. The fraction of sp³-hybridized carbons (Fsp3) is 0.235. The van der Waals surface area contributed by atoms with Crippen molar-refractivity contribution in [1.82, 2.24) is 10.3 Å².